The molecule has 0 bridgehead atoms. The van der Waals surface area contributed by atoms with Crippen LogP contribution in [0, 0.1) is 5.82 Å². The fourth-order valence-corrected chi connectivity index (χ4v) is 4.80. The highest BCUT2D eigenvalue weighted by Gasteiger charge is 2.20. The van der Waals surface area contributed by atoms with Crippen LogP contribution in [0.2, 0.25) is 0 Å². The molecule has 2 aromatic carbocycles. The number of likely N-dealkylation sites (tertiary alicyclic amines) is 1. The maximum atomic E-state index is 13.1. The molecule has 1 aliphatic heterocycles. The van der Waals surface area contributed by atoms with Crippen LogP contribution in [0.5, 0.6) is 0 Å². The van der Waals surface area contributed by atoms with Gasteiger partial charge in [-0.05, 0) is 86.8 Å². The predicted molar refractivity (Wildman–Crippen MR) is 130 cm³/mol. The summed E-state index contributed by atoms with van der Waals surface area (Å²) in [6.45, 7) is 3.71. The summed E-state index contributed by atoms with van der Waals surface area (Å²) in [5, 5.41) is 22.9. The van der Waals surface area contributed by atoms with Crippen molar-refractivity contribution in [3.05, 3.63) is 78.3 Å². The van der Waals surface area contributed by atoms with Gasteiger partial charge in [-0.15, -0.1) is 10.2 Å². The molecule has 7 nitrogen and oxygen atoms in total. The minimum absolute atomic E-state index is 0.280. The third-order valence-electron chi connectivity index (χ3n) is 6.83. The van der Waals surface area contributed by atoms with Crippen LogP contribution in [0.4, 0.5) is 4.39 Å². The summed E-state index contributed by atoms with van der Waals surface area (Å²) in [6, 6.07) is 12.9. The van der Waals surface area contributed by atoms with Crippen molar-refractivity contribution < 1.29 is 9.50 Å². The van der Waals surface area contributed by atoms with Crippen LogP contribution in [0.3, 0.4) is 0 Å². The predicted octanol–water partition coefficient (Wildman–Crippen LogP) is 3.61. The first-order chi connectivity index (χ1) is 16.7. The molecule has 1 saturated heterocycles. The van der Waals surface area contributed by atoms with E-state index in [9.17, 15) is 9.50 Å². The minimum atomic E-state index is -0.611. The molecule has 0 spiro atoms. The van der Waals surface area contributed by atoms with E-state index >= 15 is 0 Å². The Morgan fingerprint density at radius 2 is 1.85 bits per heavy atom. The number of benzene rings is 2. The number of fused-ring (bicyclic) bond motifs is 1. The van der Waals surface area contributed by atoms with E-state index in [4.69, 9.17) is 0 Å². The number of aliphatic hydroxyl groups is 1. The van der Waals surface area contributed by atoms with Crippen LogP contribution < -0.4 is 5.32 Å². The summed E-state index contributed by atoms with van der Waals surface area (Å²) in [5.74, 6) is -0.280. The summed E-state index contributed by atoms with van der Waals surface area (Å²) in [6.07, 6.45) is 9.25. The molecule has 4 aromatic rings. The lowest BCUT2D eigenvalue weighted by Gasteiger charge is -2.33. The molecule has 1 fully saturated rings. The number of hydrogen-bond donors (Lipinski definition) is 3. The maximum absolute atomic E-state index is 13.1. The lowest BCUT2D eigenvalue weighted by molar-refractivity contribution is 0.151. The molecule has 1 atom stereocenters. The van der Waals surface area contributed by atoms with E-state index in [0.717, 1.165) is 62.1 Å². The van der Waals surface area contributed by atoms with Gasteiger partial charge in [0.2, 0.25) is 0 Å². The van der Waals surface area contributed by atoms with Gasteiger partial charge in [-0.2, -0.15) is 0 Å². The molecular formula is C26H31FN6O. The topological polar surface area (TPSA) is 82.0 Å². The van der Waals surface area contributed by atoms with Crippen molar-refractivity contribution in [3.8, 4) is 5.69 Å². The van der Waals surface area contributed by atoms with Crippen molar-refractivity contribution in [2.45, 2.75) is 37.8 Å². The van der Waals surface area contributed by atoms with E-state index < -0.39 is 6.10 Å². The van der Waals surface area contributed by atoms with Gasteiger partial charge in [0.05, 0.1) is 6.10 Å². The fourth-order valence-electron chi connectivity index (χ4n) is 4.80. The highest BCUT2D eigenvalue weighted by atomic mass is 19.1. The maximum Gasteiger partial charge on any atom is 0.123 e. The van der Waals surface area contributed by atoms with Gasteiger partial charge in [0.1, 0.15) is 18.5 Å². The zero-order valence-corrected chi connectivity index (χ0v) is 19.2. The smallest absolute Gasteiger partial charge is 0.123 e. The third-order valence-corrected chi connectivity index (χ3v) is 6.83. The highest BCUT2D eigenvalue weighted by Crippen LogP contribution is 2.23. The number of nitrogens with one attached hydrogen (secondary N) is 2. The van der Waals surface area contributed by atoms with E-state index in [1.807, 2.05) is 4.57 Å². The number of aromatic nitrogens is 4. The average molecular weight is 463 g/mol. The SMILES string of the molecule is OC(CNC1CCN(CCCc2c[nH]c3ccc(-n4cnnc4)cc23)CC1)c1ccc(F)cc1. The molecule has 0 saturated carbocycles. The number of halogens is 1. The minimum Gasteiger partial charge on any atom is -0.387 e. The summed E-state index contributed by atoms with van der Waals surface area (Å²) >= 11 is 0. The Hall–Kier alpha value is -3.07. The van der Waals surface area contributed by atoms with E-state index in [1.165, 1.54) is 23.1 Å². The molecule has 3 N–H and O–H groups in total. The zero-order valence-electron chi connectivity index (χ0n) is 19.2. The Bertz CT molecular complexity index is 1180. The van der Waals surface area contributed by atoms with Gasteiger partial charge in [-0.25, -0.2) is 4.39 Å². The van der Waals surface area contributed by atoms with Gasteiger partial charge >= 0.3 is 0 Å². The van der Waals surface area contributed by atoms with Crippen molar-refractivity contribution in [1.82, 2.24) is 30.0 Å². The lowest BCUT2D eigenvalue weighted by atomic mass is 10.0. The number of nitrogens with zero attached hydrogens (tertiary/aromatic N) is 4. The monoisotopic (exact) mass is 462 g/mol. The zero-order chi connectivity index (χ0) is 23.3. The second-order valence-electron chi connectivity index (χ2n) is 9.11. The van der Waals surface area contributed by atoms with Gasteiger partial charge in [0.15, 0.2) is 0 Å². The first-order valence-corrected chi connectivity index (χ1v) is 12.0. The molecule has 0 aliphatic carbocycles. The molecule has 34 heavy (non-hydrogen) atoms. The van der Waals surface area contributed by atoms with Crippen molar-refractivity contribution >= 4 is 10.9 Å². The van der Waals surface area contributed by atoms with Crippen molar-refractivity contribution in [3.63, 3.8) is 0 Å². The second-order valence-corrected chi connectivity index (χ2v) is 9.11. The van der Waals surface area contributed by atoms with Gasteiger partial charge in [-0.1, -0.05) is 12.1 Å². The van der Waals surface area contributed by atoms with E-state index in [0.29, 0.717) is 12.6 Å². The van der Waals surface area contributed by atoms with Crippen molar-refractivity contribution in [2.24, 2.45) is 0 Å². The van der Waals surface area contributed by atoms with Crippen LogP contribution in [0.1, 0.15) is 36.5 Å². The summed E-state index contributed by atoms with van der Waals surface area (Å²) in [4.78, 5) is 5.92. The molecule has 178 valence electrons. The van der Waals surface area contributed by atoms with Gasteiger partial charge in [-0.3, -0.25) is 4.57 Å². The molecule has 0 amide bonds. The lowest BCUT2D eigenvalue weighted by Crippen LogP contribution is -2.43. The highest BCUT2D eigenvalue weighted by molar-refractivity contribution is 5.85. The average Bonchev–Trinajstić information content (AvgIpc) is 3.54. The molecule has 3 heterocycles. The Balaban J connectivity index is 1.06. The van der Waals surface area contributed by atoms with Crippen LogP contribution >= 0.6 is 0 Å². The number of H-pyrrole nitrogens is 1. The van der Waals surface area contributed by atoms with Gasteiger partial charge in [0, 0.05) is 35.4 Å². The Morgan fingerprint density at radius 1 is 1.09 bits per heavy atom. The van der Waals surface area contributed by atoms with E-state index in [-0.39, 0.29) is 5.82 Å². The number of aromatic amines is 1. The largest absolute Gasteiger partial charge is 0.387 e. The number of piperidine rings is 1. The molecule has 1 unspecified atom stereocenters. The summed E-state index contributed by atoms with van der Waals surface area (Å²) in [7, 11) is 0. The van der Waals surface area contributed by atoms with E-state index in [1.54, 1.807) is 24.8 Å². The van der Waals surface area contributed by atoms with Crippen molar-refractivity contribution in [2.75, 3.05) is 26.2 Å². The molecule has 0 radical (unpaired) electrons. The van der Waals surface area contributed by atoms with Crippen LogP contribution in [0.15, 0.2) is 61.3 Å². The molecule has 1 aliphatic rings. The number of aliphatic hydroxyl groups excluding tert-OH is 1. The van der Waals surface area contributed by atoms with E-state index in [2.05, 4.69) is 49.8 Å². The van der Waals surface area contributed by atoms with Gasteiger partial charge < -0.3 is 20.3 Å². The molecular weight excluding hydrogens is 431 g/mol. The Labute approximate surface area is 198 Å². The number of rotatable bonds is 9. The standard InChI is InChI=1S/C26H31FN6O/c27-21-5-3-19(4-6-21)26(34)16-28-22-9-12-32(13-10-22)11-1-2-20-15-29-25-8-7-23(14-24(20)25)33-17-30-31-18-33/h3-8,14-15,17-18,22,26,28-29,34H,1-2,9-13,16H2. The molecule has 8 heteroatoms. The van der Waals surface area contributed by atoms with Crippen LogP contribution in [0.25, 0.3) is 16.6 Å². The van der Waals surface area contributed by atoms with Crippen LogP contribution in [-0.4, -0.2) is 62.0 Å². The second kappa shape index (κ2) is 10.5. The third kappa shape index (κ3) is 5.35. The Morgan fingerprint density at radius 3 is 2.62 bits per heavy atom. The summed E-state index contributed by atoms with van der Waals surface area (Å²) < 4.78 is 15.0. The van der Waals surface area contributed by atoms with Gasteiger partial charge in [0.25, 0.3) is 0 Å². The number of hydrogen-bond acceptors (Lipinski definition) is 5. The van der Waals surface area contributed by atoms with Crippen LogP contribution in [-0.2, 0) is 6.42 Å². The number of aryl methyl sites for hydroxylation is 1. The quantitative estimate of drug-likeness (QED) is 0.354. The first-order valence-electron chi connectivity index (χ1n) is 12.0. The summed E-state index contributed by atoms with van der Waals surface area (Å²) in [5.41, 5.74) is 4.31. The molecule has 2 aromatic heterocycles. The Kier molecular flexibility index (Phi) is 6.99. The van der Waals surface area contributed by atoms with Crippen molar-refractivity contribution in [1.29, 1.82) is 0 Å². The molecule has 5 rings (SSSR count). The first kappa shape index (κ1) is 22.7. The fraction of sp³-hybridized carbons (Fsp3) is 0.385. The normalized spacial score (nSPS) is 16.3.